The highest BCUT2D eigenvalue weighted by Gasteiger charge is 2.29. The summed E-state index contributed by atoms with van der Waals surface area (Å²) in [6.07, 6.45) is 5.91. The number of ether oxygens (including phenoxy) is 1. The van der Waals surface area contributed by atoms with E-state index in [4.69, 9.17) is 19.2 Å². The lowest BCUT2D eigenvalue weighted by atomic mass is 10.1. The lowest BCUT2D eigenvalue weighted by Gasteiger charge is -2.25. The molecule has 10 nitrogen and oxygen atoms in total. The number of H-pyrrole nitrogens is 1. The van der Waals surface area contributed by atoms with Crippen LogP contribution in [0.15, 0.2) is 82.6 Å². The summed E-state index contributed by atoms with van der Waals surface area (Å²) >= 11 is 0. The summed E-state index contributed by atoms with van der Waals surface area (Å²) in [5, 5.41) is 7.26. The quantitative estimate of drug-likeness (QED) is 0.218. The van der Waals surface area contributed by atoms with Crippen molar-refractivity contribution >= 4 is 16.4 Å². The van der Waals surface area contributed by atoms with Crippen molar-refractivity contribution < 1.29 is 27.6 Å². The van der Waals surface area contributed by atoms with Crippen LogP contribution < -0.4 is 10.2 Å². The highest BCUT2D eigenvalue weighted by atomic mass is 32.2. The fraction of sp³-hybridized carbons (Fsp3) is 0.130. The molecule has 0 saturated carbocycles. The number of hydroxylamine groups is 1. The van der Waals surface area contributed by atoms with E-state index in [1.165, 1.54) is 9.79 Å². The SMILES string of the molecule is O=CNO.O=S(=O)(c1ccc(Oc2ccc(-c3ncc[nH]3)cc2)cc1)N1CCc2ccoc2C1. The van der Waals surface area contributed by atoms with Crippen LogP contribution >= 0.6 is 0 Å². The second-order valence-electron chi connectivity index (χ2n) is 7.24. The third-order valence-corrected chi connectivity index (χ3v) is 7.02. The van der Waals surface area contributed by atoms with Gasteiger partial charge >= 0.3 is 0 Å². The molecule has 3 N–H and O–H groups in total. The minimum absolute atomic E-state index is 0.181. The van der Waals surface area contributed by atoms with Gasteiger partial charge in [-0.05, 0) is 66.6 Å². The van der Waals surface area contributed by atoms with Gasteiger partial charge in [0.05, 0.1) is 17.7 Å². The monoisotopic (exact) mass is 482 g/mol. The molecule has 5 rings (SSSR count). The van der Waals surface area contributed by atoms with Gasteiger partial charge in [0.1, 0.15) is 23.1 Å². The fourth-order valence-corrected chi connectivity index (χ4v) is 4.88. The van der Waals surface area contributed by atoms with Gasteiger partial charge in [-0.25, -0.2) is 18.9 Å². The number of imidazole rings is 1. The number of rotatable bonds is 6. The van der Waals surface area contributed by atoms with E-state index in [1.807, 2.05) is 30.3 Å². The first-order chi connectivity index (χ1) is 16.5. The molecule has 1 aliphatic heterocycles. The van der Waals surface area contributed by atoms with Crippen molar-refractivity contribution in [2.24, 2.45) is 0 Å². The molecule has 4 aromatic rings. The summed E-state index contributed by atoms with van der Waals surface area (Å²) in [7, 11) is -3.60. The third-order valence-electron chi connectivity index (χ3n) is 5.16. The van der Waals surface area contributed by atoms with Crippen molar-refractivity contribution in [2.45, 2.75) is 17.9 Å². The Morgan fingerprint density at radius 2 is 1.76 bits per heavy atom. The number of amides is 1. The molecule has 1 amide bonds. The number of hydrogen-bond donors (Lipinski definition) is 3. The van der Waals surface area contributed by atoms with Crippen LogP contribution in [0.25, 0.3) is 11.4 Å². The normalized spacial score (nSPS) is 13.3. The summed E-state index contributed by atoms with van der Waals surface area (Å²) in [6, 6.07) is 15.9. The molecule has 176 valence electrons. The summed E-state index contributed by atoms with van der Waals surface area (Å²) in [5.74, 6) is 2.72. The third kappa shape index (κ3) is 5.17. The van der Waals surface area contributed by atoms with Crippen LogP contribution in [0.1, 0.15) is 11.3 Å². The Bertz CT molecular complexity index is 1320. The van der Waals surface area contributed by atoms with Crippen molar-refractivity contribution in [2.75, 3.05) is 6.54 Å². The average molecular weight is 483 g/mol. The number of benzene rings is 2. The van der Waals surface area contributed by atoms with Crippen LogP contribution in [0.4, 0.5) is 0 Å². The molecule has 1 aliphatic rings. The van der Waals surface area contributed by atoms with Gasteiger partial charge in [0.2, 0.25) is 16.4 Å². The topological polar surface area (TPSA) is 138 Å². The summed E-state index contributed by atoms with van der Waals surface area (Å²) in [5.41, 5.74) is 3.28. The second-order valence-corrected chi connectivity index (χ2v) is 9.18. The van der Waals surface area contributed by atoms with Crippen molar-refractivity contribution in [1.29, 1.82) is 0 Å². The Kier molecular flexibility index (Phi) is 7.07. The van der Waals surface area contributed by atoms with Crippen LogP contribution in [0.5, 0.6) is 11.5 Å². The number of fused-ring (bicyclic) bond motifs is 1. The molecule has 0 saturated heterocycles. The van der Waals surface area contributed by atoms with E-state index in [0.717, 1.165) is 17.0 Å². The Labute approximate surface area is 195 Å². The van der Waals surface area contributed by atoms with Crippen molar-refractivity contribution in [3.05, 3.63) is 84.6 Å². The number of furan rings is 1. The van der Waals surface area contributed by atoms with Crippen LogP contribution in [0.2, 0.25) is 0 Å². The number of carbonyl (C=O) groups excluding carboxylic acids is 1. The van der Waals surface area contributed by atoms with Crippen LogP contribution in [0, 0.1) is 0 Å². The van der Waals surface area contributed by atoms with Gasteiger partial charge in [-0.15, -0.1) is 0 Å². The molecule has 0 radical (unpaired) electrons. The highest BCUT2D eigenvalue weighted by molar-refractivity contribution is 7.89. The summed E-state index contributed by atoms with van der Waals surface area (Å²) < 4.78 is 38.6. The van der Waals surface area contributed by atoms with Gasteiger partial charge in [0.15, 0.2) is 0 Å². The Hall–Kier alpha value is -3.93. The smallest absolute Gasteiger partial charge is 0.243 e. The molecule has 0 unspecified atom stereocenters. The zero-order valence-corrected chi connectivity index (χ0v) is 18.7. The molecular weight excluding hydrogens is 460 g/mol. The first kappa shape index (κ1) is 23.2. The minimum atomic E-state index is -3.60. The number of aromatic nitrogens is 2. The first-order valence-electron chi connectivity index (χ1n) is 10.3. The number of hydrogen-bond acceptors (Lipinski definition) is 7. The molecule has 34 heavy (non-hydrogen) atoms. The Morgan fingerprint density at radius 3 is 2.38 bits per heavy atom. The predicted molar refractivity (Wildman–Crippen MR) is 122 cm³/mol. The number of nitrogens with zero attached hydrogens (tertiary/aromatic N) is 2. The molecule has 0 aliphatic carbocycles. The van der Waals surface area contributed by atoms with Crippen LogP contribution in [0.3, 0.4) is 0 Å². The van der Waals surface area contributed by atoms with E-state index in [9.17, 15) is 8.42 Å². The maximum atomic E-state index is 13.0. The summed E-state index contributed by atoms with van der Waals surface area (Å²) in [6.45, 7) is 0.695. The largest absolute Gasteiger partial charge is 0.468 e. The molecule has 11 heteroatoms. The van der Waals surface area contributed by atoms with Crippen LogP contribution in [-0.4, -0.2) is 40.9 Å². The van der Waals surface area contributed by atoms with Gasteiger partial charge in [-0.2, -0.15) is 4.31 Å². The fourth-order valence-electron chi connectivity index (χ4n) is 3.49. The lowest BCUT2D eigenvalue weighted by molar-refractivity contribution is -0.116. The van der Waals surface area contributed by atoms with Gasteiger partial charge in [0.25, 0.3) is 0 Å². The van der Waals surface area contributed by atoms with E-state index in [-0.39, 0.29) is 17.9 Å². The standard InChI is InChI=1S/C22H19N3O4S.CH3NO2/c26-30(27,25-13-9-16-10-14-28-21(16)15-25)20-7-5-19(6-8-20)29-18-3-1-17(2-4-18)22-23-11-12-24-22;3-1-2-4/h1-8,10-12,14H,9,13,15H2,(H,23,24);1,4H,(H,2,3). The molecule has 2 aromatic heterocycles. The van der Waals surface area contributed by atoms with E-state index < -0.39 is 10.0 Å². The zero-order valence-electron chi connectivity index (χ0n) is 17.9. The Morgan fingerprint density at radius 1 is 1.09 bits per heavy atom. The number of aromatic amines is 1. The molecule has 3 heterocycles. The van der Waals surface area contributed by atoms with E-state index in [1.54, 1.807) is 42.9 Å². The van der Waals surface area contributed by atoms with Gasteiger partial charge < -0.3 is 14.1 Å². The molecule has 0 spiro atoms. The Balaban J connectivity index is 0.000000636. The van der Waals surface area contributed by atoms with Gasteiger partial charge in [0, 0.05) is 24.5 Å². The maximum absolute atomic E-state index is 13.0. The van der Waals surface area contributed by atoms with E-state index in [0.29, 0.717) is 30.2 Å². The number of sulfonamides is 1. The van der Waals surface area contributed by atoms with Gasteiger partial charge in [-0.1, -0.05) is 0 Å². The first-order valence-corrected chi connectivity index (χ1v) is 11.7. The number of nitrogens with one attached hydrogen (secondary N) is 2. The second kappa shape index (κ2) is 10.3. The van der Waals surface area contributed by atoms with Crippen molar-refractivity contribution in [1.82, 2.24) is 19.8 Å². The van der Waals surface area contributed by atoms with Gasteiger partial charge in [-0.3, -0.25) is 10.0 Å². The molecular formula is C23H22N4O6S. The molecule has 2 aromatic carbocycles. The highest BCUT2D eigenvalue weighted by Crippen LogP contribution is 2.28. The maximum Gasteiger partial charge on any atom is 0.243 e. The molecule has 0 bridgehead atoms. The zero-order chi connectivity index (χ0) is 24.0. The van der Waals surface area contributed by atoms with Crippen molar-refractivity contribution in [3.63, 3.8) is 0 Å². The lowest BCUT2D eigenvalue weighted by Crippen LogP contribution is -2.35. The predicted octanol–water partition coefficient (Wildman–Crippen LogP) is 3.33. The average Bonchev–Trinajstić information content (AvgIpc) is 3.57. The number of carbonyl (C=O) groups is 1. The van der Waals surface area contributed by atoms with E-state index in [2.05, 4.69) is 9.97 Å². The molecule has 0 fully saturated rings. The van der Waals surface area contributed by atoms with E-state index >= 15 is 0 Å². The van der Waals surface area contributed by atoms with Crippen LogP contribution in [-0.2, 0) is 27.8 Å². The van der Waals surface area contributed by atoms with Crippen molar-refractivity contribution in [3.8, 4) is 22.9 Å². The summed E-state index contributed by atoms with van der Waals surface area (Å²) in [4.78, 5) is 16.3. The molecule has 0 atom stereocenters. The minimum Gasteiger partial charge on any atom is -0.468 e.